The Hall–Kier alpha value is -2.48. The molecule has 3 aromatic carbocycles. The molecular weight excluding hydrogens is 897 g/mol. The number of imidazole rings is 2. The van der Waals surface area contributed by atoms with Gasteiger partial charge in [-0.1, -0.05) is 80.2 Å². The van der Waals surface area contributed by atoms with Crippen LogP contribution in [0.2, 0.25) is 0 Å². The van der Waals surface area contributed by atoms with Crippen LogP contribution in [0.5, 0.6) is 11.5 Å². The maximum absolute atomic E-state index is 6.36. The summed E-state index contributed by atoms with van der Waals surface area (Å²) in [7, 11) is 0. The molecule has 2 aromatic heterocycles. The number of H-pyrrole nitrogens is 2. The van der Waals surface area contributed by atoms with Gasteiger partial charge >= 0.3 is 32.7 Å². The molecule has 5 aromatic rings. The summed E-state index contributed by atoms with van der Waals surface area (Å²) >= 11 is 0. The number of nitrogens with zero attached hydrogens (tertiary/aromatic N) is 2. The number of ether oxygens (including phenoxy) is 4. The van der Waals surface area contributed by atoms with Crippen LogP contribution in [-0.4, -0.2) is 59.6 Å². The molecule has 8 nitrogen and oxygen atoms in total. The Morgan fingerprint density at radius 2 is 1.21 bits per heavy atom. The molecule has 1 atom stereocenters. The van der Waals surface area contributed by atoms with Crippen molar-refractivity contribution in [2.24, 2.45) is 5.92 Å². The first-order chi connectivity index (χ1) is 23.0. The Kier molecular flexibility index (Phi) is 26.1. The summed E-state index contributed by atoms with van der Waals surface area (Å²) in [5.74, 6) is 4.24. The van der Waals surface area contributed by atoms with E-state index in [1.165, 1.54) is 0 Å². The van der Waals surface area contributed by atoms with E-state index in [0.717, 1.165) is 67.7 Å². The van der Waals surface area contributed by atoms with Gasteiger partial charge in [-0.05, 0) is 58.8 Å². The molecule has 0 saturated heterocycles. The summed E-state index contributed by atoms with van der Waals surface area (Å²) in [5.41, 5.74) is 7.96. The molecule has 0 spiro atoms. The standard InChI is InChI=1S/C35H39N4O4.2C2H6.CH4.2CH3.W.Y/c1-5-34-36-21-31(37-34)28-10-7-25-20-33(28)43-17-15-41-13-12-40-14-16-42-32-19-24(25)6-9-27(32)26-8-11-29-30(18-26)39-35(38-29)23(4)22(2)3;2*1-2;;;;;/h5-11,18-23H,12-17H2,1-4H3,(H,36,37)(H,38,39);2*1-2H3;1H4;2*1H3;;/q-1;;;;2*-1;;+3/t23-;;;;;;;/m1......./s1. The van der Waals surface area contributed by atoms with Crippen molar-refractivity contribution in [1.29, 1.82) is 0 Å². The maximum Gasteiger partial charge on any atom is 3.00 e. The minimum absolute atomic E-state index is 0. The quantitative estimate of drug-likeness (QED) is 0.171. The average molecular weight is 959 g/mol. The van der Waals surface area contributed by atoms with Crippen LogP contribution in [0.25, 0.3) is 44.5 Å². The van der Waals surface area contributed by atoms with Crippen LogP contribution in [0.15, 0.2) is 60.8 Å². The zero-order chi connectivity index (χ0) is 33.8. The van der Waals surface area contributed by atoms with Crippen molar-refractivity contribution in [1.82, 2.24) is 19.9 Å². The molecule has 10 heteroatoms. The van der Waals surface area contributed by atoms with Crippen LogP contribution in [-0.2, 0) is 63.2 Å². The predicted molar refractivity (Wildman–Crippen MR) is 212 cm³/mol. The first-order valence-corrected chi connectivity index (χ1v) is 17.0. The SMILES string of the molecule is C.CC.CC.C[CH-]c1ncc(-c2ccc3cc2OCCOCCOCCOc2cc-3ccc2-c2ccc3nc([C@H](C)C(C)C)[nH]c3c2)[nH]1.[CH3-].[CH3-].[W].[Y+3]. The zero-order valence-corrected chi connectivity index (χ0v) is 38.0. The van der Waals surface area contributed by atoms with Gasteiger partial charge in [-0.25, -0.2) is 4.98 Å². The molecule has 0 radical (unpaired) electrons. The van der Waals surface area contributed by atoms with Crippen molar-refractivity contribution >= 4 is 11.0 Å². The van der Waals surface area contributed by atoms with E-state index in [0.29, 0.717) is 51.5 Å². The summed E-state index contributed by atoms with van der Waals surface area (Å²) in [6.07, 6.45) is 3.78. The topological polar surface area (TPSA) is 94.3 Å². The van der Waals surface area contributed by atoms with Crippen molar-refractivity contribution in [3.63, 3.8) is 0 Å². The smallest absolute Gasteiger partial charge is 0.491 e. The van der Waals surface area contributed by atoms with Crippen molar-refractivity contribution < 1.29 is 72.7 Å². The van der Waals surface area contributed by atoms with Crippen LogP contribution in [0.4, 0.5) is 0 Å². The van der Waals surface area contributed by atoms with E-state index < -0.39 is 0 Å². The Bertz CT molecular complexity index is 1700. The van der Waals surface area contributed by atoms with Gasteiger partial charge in [0.05, 0.1) is 43.2 Å². The molecule has 1 aliphatic heterocycles. The fraction of sp³-hybridized carbons (Fsp3) is 0.405. The third-order valence-electron chi connectivity index (χ3n) is 8.04. The second-order valence-corrected chi connectivity index (χ2v) is 11.2. The molecule has 0 fully saturated rings. The van der Waals surface area contributed by atoms with Crippen molar-refractivity contribution in [3.8, 4) is 45.0 Å². The first-order valence-electron chi connectivity index (χ1n) is 17.0. The van der Waals surface area contributed by atoms with Gasteiger partial charge in [0.25, 0.3) is 0 Å². The molecule has 0 saturated carbocycles. The van der Waals surface area contributed by atoms with E-state index in [-0.39, 0.29) is 76.1 Å². The number of nitrogens with one attached hydrogen (secondary N) is 2. The Balaban J connectivity index is 0. The molecule has 4 bridgehead atoms. The number of rotatable bonds is 5. The third-order valence-corrected chi connectivity index (χ3v) is 8.04. The molecule has 1 aliphatic rings. The van der Waals surface area contributed by atoms with Gasteiger partial charge in [0.15, 0.2) is 0 Å². The van der Waals surface area contributed by atoms with Crippen LogP contribution in [0.3, 0.4) is 0 Å². The summed E-state index contributed by atoms with van der Waals surface area (Å²) in [6.45, 7) is 19.4. The Morgan fingerprint density at radius 1 is 0.692 bits per heavy atom. The van der Waals surface area contributed by atoms with Gasteiger partial charge in [0.1, 0.15) is 30.5 Å². The van der Waals surface area contributed by atoms with Crippen LogP contribution in [0.1, 0.15) is 80.4 Å². The predicted octanol–water partition coefficient (Wildman–Crippen LogP) is 11.0. The van der Waals surface area contributed by atoms with Gasteiger partial charge < -0.3 is 50.2 Å². The van der Waals surface area contributed by atoms with E-state index in [9.17, 15) is 0 Å². The molecular formula is C42H61N4O4WY. The molecule has 0 unspecified atom stereocenters. The second kappa shape index (κ2) is 26.3. The largest absolute Gasteiger partial charge is 3.00 e. The first kappa shape index (κ1) is 51.6. The maximum atomic E-state index is 6.36. The number of aromatic amines is 2. The second-order valence-electron chi connectivity index (χ2n) is 11.2. The summed E-state index contributed by atoms with van der Waals surface area (Å²) in [4.78, 5) is 16.2. The fourth-order valence-electron chi connectivity index (χ4n) is 5.20. The molecule has 282 valence electrons. The number of benzene rings is 3. The van der Waals surface area contributed by atoms with E-state index >= 15 is 0 Å². The van der Waals surface area contributed by atoms with Crippen molar-refractivity contribution in [2.45, 2.75) is 68.7 Å². The normalized spacial score (nSPS) is 12.8. The zero-order valence-electron chi connectivity index (χ0n) is 32.3. The van der Waals surface area contributed by atoms with Crippen LogP contribution >= 0.6 is 0 Å². The van der Waals surface area contributed by atoms with E-state index in [1.807, 2.05) is 47.2 Å². The third kappa shape index (κ3) is 13.1. The monoisotopic (exact) mass is 958 g/mol. The average Bonchev–Trinajstić information content (AvgIpc) is 3.77. The molecule has 0 aliphatic carbocycles. The van der Waals surface area contributed by atoms with E-state index in [1.54, 1.807) is 0 Å². The number of aromatic nitrogens is 4. The molecule has 2 N–H and O–H groups in total. The minimum Gasteiger partial charge on any atom is -0.491 e. The summed E-state index contributed by atoms with van der Waals surface area (Å²) in [6, 6.07) is 19.0. The van der Waals surface area contributed by atoms with E-state index in [4.69, 9.17) is 23.9 Å². The van der Waals surface area contributed by atoms with Gasteiger partial charge in [-0.3, -0.25) is 4.98 Å². The van der Waals surface area contributed by atoms with Crippen LogP contribution in [0, 0.1) is 27.2 Å². The van der Waals surface area contributed by atoms with Crippen LogP contribution < -0.4 is 9.47 Å². The number of hydrogen-bond acceptors (Lipinski definition) is 6. The minimum atomic E-state index is 0. The van der Waals surface area contributed by atoms with Crippen molar-refractivity contribution in [3.05, 3.63) is 93.7 Å². The Labute approximate surface area is 354 Å². The van der Waals surface area contributed by atoms with Gasteiger partial charge in [-0.2, -0.15) is 6.92 Å². The number of hydrogen-bond donors (Lipinski definition) is 2. The fourth-order valence-corrected chi connectivity index (χ4v) is 5.20. The molecule has 52 heavy (non-hydrogen) atoms. The summed E-state index contributed by atoms with van der Waals surface area (Å²) in [5, 5.41) is 0. The molecule has 3 heterocycles. The molecule has 0 amide bonds. The Morgan fingerprint density at radius 3 is 1.75 bits per heavy atom. The number of fused-ring (bicyclic) bond motifs is 6. The van der Waals surface area contributed by atoms with Gasteiger partial charge in [0.2, 0.25) is 0 Å². The van der Waals surface area contributed by atoms with Gasteiger partial charge in [0, 0.05) is 44.3 Å². The summed E-state index contributed by atoms with van der Waals surface area (Å²) < 4.78 is 24.1. The van der Waals surface area contributed by atoms with Crippen molar-refractivity contribution in [2.75, 3.05) is 39.6 Å². The van der Waals surface area contributed by atoms with E-state index in [2.05, 4.69) is 90.3 Å². The molecule has 6 rings (SSSR count). The van der Waals surface area contributed by atoms with Gasteiger partial charge in [-0.15, -0.1) is 0 Å².